The van der Waals surface area contributed by atoms with E-state index < -0.39 is 0 Å². The predicted molar refractivity (Wildman–Crippen MR) is 96.7 cm³/mol. The number of nitrogens with one attached hydrogen (secondary N) is 1. The number of carbonyl (C=O) groups excluding carboxylic acids is 1. The highest BCUT2D eigenvalue weighted by molar-refractivity contribution is 7.98. The van der Waals surface area contributed by atoms with Crippen LogP contribution in [-0.2, 0) is 5.41 Å². The molecule has 6 heteroatoms. The van der Waals surface area contributed by atoms with Crippen molar-refractivity contribution in [1.29, 1.82) is 0 Å². The number of amides is 1. The fourth-order valence-electron chi connectivity index (χ4n) is 2.25. The van der Waals surface area contributed by atoms with Crippen LogP contribution in [0.2, 0.25) is 0 Å². The molecule has 3 rings (SSSR count). The van der Waals surface area contributed by atoms with E-state index in [1.165, 1.54) is 11.8 Å². The second-order valence-corrected chi connectivity index (χ2v) is 7.26. The molecule has 0 aliphatic carbocycles. The van der Waals surface area contributed by atoms with Crippen molar-refractivity contribution in [2.24, 2.45) is 0 Å². The van der Waals surface area contributed by atoms with Crippen molar-refractivity contribution in [3.63, 3.8) is 0 Å². The van der Waals surface area contributed by atoms with Gasteiger partial charge in [0.25, 0.3) is 5.91 Å². The average molecular weight is 341 g/mol. The fraction of sp³-hybridized carbons (Fsp3) is 0.278. The van der Waals surface area contributed by atoms with Crippen LogP contribution in [0.15, 0.2) is 46.0 Å². The number of aromatic nitrogens is 2. The lowest BCUT2D eigenvalue weighted by molar-refractivity contribution is 0.102. The Labute approximate surface area is 144 Å². The molecule has 2 heterocycles. The highest BCUT2D eigenvalue weighted by Gasteiger charge is 2.21. The minimum atomic E-state index is -0.189. The van der Waals surface area contributed by atoms with Gasteiger partial charge >= 0.3 is 0 Å². The van der Waals surface area contributed by atoms with Crippen molar-refractivity contribution in [3.05, 3.63) is 48.0 Å². The first kappa shape index (κ1) is 16.5. The van der Waals surface area contributed by atoms with E-state index in [0.717, 1.165) is 5.52 Å². The number of hydrogen-bond acceptors (Lipinski definition) is 5. The van der Waals surface area contributed by atoms with Gasteiger partial charge in [0.2, 0.25) is 5.89 Å². The average Bonchev–Trinajstić information content (AvgIpc) is 2.98. The molecular formula is C18H19N3O2S. The predicted octanol–water partition coefficient (Wildman–Crippen LogP) is 4.49. The van der Waals surface area contributed by atoms with Gasteiger partial charge in [-0.05, 0) is 36.6 Å². The number of rotatable bonds is 3. The highest BCUT2D eigenvalue weighted by Crippen LogP contribution is 2.27. The molecule has 0 saturated carbocycles. The number of thioether (sulfide) groups is 1. The largest absolute Gasteiger partial charge is 0.440 e. The van der Waals surface area contributed by atoms with Crippen LogP contribution in [-0.4, -0.2) is 22.1 Å². The van der Waals surface area contributed by atoms with E-state index in [1.54, 1.807) is 18.3 Å². The van der Waals surface area contributed by atoms with Crippen molar-refractivity contribution >= 4 is 34.5 Å². The minimum absolute atomic E-state index is 0.161. The SMILES string of the molecule is CSc1ncccc1C(=O)Nc1ccc2oc(C(C)(C)C)nc2c1. The van der Waals surface area contributed by atoms with Crippen molar-refractivity contribution < 1.29 is 9.21 Å². The van der Waals surface area contributed by atoms with Crippen molar-refractivity contribution in [1.82, 2.24) is 9.97 Å². The lowest BCUT2D eigenvalue weighted by Crippen LogP contribution is -2.13. The van der Waals surface area contributed by atoms with E-state index >= 15 is 0 Å². The van der Waals surface area contributed by atoms with Crippen molar-refractivity contribution in [2.45, 2.75) is 31.2 Å². The van der Waals surface area contributed by atoms with Gasteiger partial charge in [-0.1, -0.05) is 20.8 Å². The summed E-state index contributed by atoms with van der Waals surface area (Å²) in [5.74, 6) is 0.490. The number of oxazole rings is 1. The first-order valence-corrected chi connectivity index (χ1v) is 8.82. The zero-order valence-electron chi connectivity index (χ0n) is 14.1. The van der Waals surface area contributed by atoms with E-state index in [4.69, 9.17) is 4.42 Å². The zero-order valence-corrected chi connectivity index (χ0v) is 14.9. The van der Waals surface area contributed by atoms with Crippen LogP contribution in [0.1, 0.15) is 37.0 Å². The minimum Gasteiger partial charge on any atom is -0.440 e. The molecule has 2 aromatic heterocycles. The molecule has 0 saturated heterocycles. The Bertz CT molecular complexity index is 897. The van der Waals surface area contributed by atoms with Crippen LogP contribution in [0.3, 0.4) is 0 Å². The molecule has 0 unspecified atom stereocenters. The summed E-state index contributed by atoms with van der Waals surface area (Å²) in [6.45, 7) is 6.15. The number of hydrogen-bond donors (Lipinski definition) is 1. The summed E-state index contributed by atoms with van der Waals surface area (Å²) in [6.07, 6.45) is 3.58. The smallest absolute Gasteiger partial charge is 0.258 e. The number of carbonyl (C=O) groups is 1. The van der Waals surface area contributed by atoms with Crippen molar-refractivity contribution in [3.8, 4) is 0 Å². The molecule has 0 fully saturated rings. The number of pyridine rings is 1. The quantitative estimate of drug-likeness (QED) is 0.711. The molecule has 24 heavy (non-hydrogen) atoms. The van der Waals surface area contributed by atoms with Gasteiger partial charge in [-0.15, -0.1) is 11.8 Å². The third kappa shape index (κ3) is 3.28. The highest BCUT2D eigenvalue weighted by atomic mass is 32.2. The van der Waals surface area contributed by atoms with Gasteiger partial charge in [0.15, 0.2) is 5.58 Å². The maximum atomic E-state index is 12.5. The lowest BCUT2D eigenvalue weighted by Gasteiger charge is -2.11. The third-order valence-electron chi connectivity index (χ3n) is 3.50. The second kappa shape index (κ2) is 6.28. The monoisotopic (exact) mass is 341 g/mol. The van der Waals surface area contributed by atoms with Crippen LogP contribution < -0.4 is 5.32 Å². The second-order valence-electron chi connectivity index (χ2n) is 6.47. The van der Waals surface area contributed by atoms with Crippen molar-refractivity contribution in [2.75, 3.05) is 11.6 Å². The number of benzene rings is 1. The number of anilines is 1. The van der Waals surface area contributed by atoms with E-state index in [2.05, 4.69) is 15.3 Å². The van der Waals surface area contributed by atoms with E-state index in [9.17, 15) is 4.79 Å². The standard InChI is InChI=1S/C18H19N3O2S/c1-18(2,3)17-21-13-10-11(7-8-14(13)23-17)20-15(22)12-6-5-9-19-16(12)24-4/h5-10H,1-4H3,(H,20,22). The summed E-state index contributed by atoms with van der Waals surface area (Å²) in [7, 11) is 0. The Morgan fingerprint density at radius 2 is 2.04 bits per heavy atom. The Balaban J connectivity index is 1.89. The normalized spacial score (nSPS) is 11.7. The first-order chi connectivity index (χ1) is 11.4. The van der Waals surface area contributed by atoms with Crippen LogP contribution >= 0.6 is 11.8 Å². The van der Waals surface area contributed by atoms with Crippen LogP contribution in [0, 0.1) is 0 Å². The van der Waals surface area contributed by atoms with Gasteiger partial charge in [0, 0.05) is 17.3 Å². The first-order valence-electron chi connectivity index (χ1n) is 7.60. The molecule has 0 aliphatic rings. The maximum absolute atomic E-state index is 12.5. The topological polar surface area (TPSA) is 68.0 Å². The number of nitrogens with zero attached hydrogens (tertiary/aromatic N) is 2. The molecule has 0 spiro atoms. The van der Waals surface area contributed by atoms with Gasteiger partial charge in [-0.25, -0.2) is 9.97 Å². The van der Waals surface area contributed by atoms with Gasteiger partial charge in [0.05, 0.1) is 5.56 Å². The zero-order chi connectivity index (χ0) is 17.3. The molecule has 5 nitrogen and oxygen atoms in total. The lowest BCUT2D eigenvalue weighted by atomic mass is 9.97. The Morgan fingerprint density at radius 1 is 1.25 bits per heavy atom. The van der Waals surface area contributed by atoms with E-state index in [0.29, 0.717) is 27.8 Å². The molecule has 0 aliphatic heterocycles. The van der Waals surface area contributed by atoms with Gasteiger partial charge in [-0.3, -0.25) is 4.79 Å². The number of fused-ring (bicyclic) bond motifs is 1. The summed E-state index contributed by atoms with van der Waals surface area (Å²) >= 11 is 1.44. The molecule has 124 valence electrons. The Morgan fingerprint density at radius 3 is 2.75 bits per heavy atom. The van der Waals surface area contributed by atoms with Crippen LogP contribution in [0.5, 0.6) is 0 Å². The molecule has 1 aromatic carbocycles. The van der Waals surface area contributed by atoms with Gasteiger partial charge in [0.1, 0.15) is 10.5 Å². The summed E-state index contributed by atoms with van der Waals surface area (Å²) in [5.41, 5.74) is 2.52. The fourth-order valence-corrected chi connectivity index (χ4v) is 2.80. The van der Waals surface area contributed by atoms with Crippen LogP contribution in [0.4, 0.5) is 5.69 Å². The molecule has 1 amide bonds. The third-order valence-corrected chi connectivity index (χ3v) is 4.21. The summed E-state index contributed by atoms with van der Waals surface area (Å²) in [4.78, 5) is 21.2. The summed E-state index contributed by atoms with van der Waals surface area (Å²) < 4.78 is 5.78. The molecule has 0 atom stereocenters. The summed E-state index contributed by atoms with van der Waals surface area (Å²) in [5, 5.41) is 3.60. The molecule has 3 aromatic rings. The molecular weight excluding hydrogens is 322 g/mol. The van der Waals surface area contributed by atoms with E-state index in [1.807, 2.05) is 45.2 Å². The van der Waals surface area contributed by atoms with Gasteiger partial charge in [-0.2, -0.15) is 0 Å². The summed E-state index contributed by atoms with van der Waals surface area (Å²) in [6, 6.07) is 8.98. The maximum Gasteiger partial charge on any atom is 0.258 e. The van der Waals surface area contributed by atoms with Gasteiger partial charge < -0.3 is 9.73 Å². The Hall–Kier alpha value is -2.34. The molecule has 0 radical (unpaired) electrons. The molecule has 0 bridgehead atoms. The Kier molecular flexibility index (Phi) is 4.32. The van der Waals surface area contributed by atoms with Crippen LogP contribution in [0.25, 0.3) is 11.1 Å². The van der Waals surface area contributed by atoms with E-state index in [-0.39, 0.29) is 11.3 Å². The molecule has 1 N–H and O–H groups in total.